The average molecular weight is 220 g/mol. The van der Waals surface area contributed by atoms with Crippen LogP contribution in [0.25, 0.3) is 0 Å². The van der Waals surface area contributed by atoms with E-state index in [0.29, 0.717) is 0 Å². The first-order chi connectivity index (χ1) is 6.50. The molecule has 0 aliphatic heterocycles. The standard InChI is InChI=1S/C10H10ClF2O/c1-6(2)7-3-4-9(8(11)5-7)14-10(12)13/h3-5,10H,1-2H3. The third kappa shape index (κ3) is 2.84. The molecule has 1 radical (unpaired) electrons. The maximum absolute atomic E-state index is 11.9. The molecule has 4 heteroatoms. The minimum atomic E-state index is -2.84. The van der Waals surface area contributed by atoms with Gasteiger partial charge in [-0.25, -0.2) is 0 Å². The number of benzene rings is 1. The van der Waals surface area contributed by atoms with Crippen LogP contribution in [0.5, 0.6) is 5.75 Å². The summed E-state index contributed by atoms with van der Waals surface area (Å²) in [5, 5.41) is 0.198. The van der Waals surface area contributed by atoms with E-state index in [4.69, 9.17) is 11.6 Å². The summed E-state index contributed by atoms with van der Waals surface area (Å²) in [6, 6.07) is 4.74. The van der Waals surface area contributed by atoms with Gasteiger partial charge in [0.2, 0.25) is 0 Å². The lowest BCUT2D eigenvalue weighted by Gasteiger charge is -2.09. The molecule has 0 N–H and O–H groups in total. The van der Waals surface area contributed by atoms with Gasteiger partial charge in [-0.05, 0) is 23.6 Å². The van der Waals surface area contributed by atoms with Crippen molar-refractivity contribution in [3.05, 3.63) is 34.7 Å². The lowest BCUT2D eigenvalue weighted by molar-refractivity contribution is -0.0497. The zero-order valence-corrected chi connectivity index (χ0v) is 8.61. The SMILES string of the molecule is C[C](C)c1ccc(OC(F)F)c(Cl)c1. The second-order valence-electron chi connectivity index (χ2n) is 3.02. The van der Waals surface area contributed by atoms with Gasteiger partial charge in [-0.15, -0.1) is 0 Å². The Balaban J connectivity index is 2.90. The van der Waals surface area contributed by atoms with Gasteiger partial charge in [0.05, 0.1) is 5.02 Å². The summed E-state index contributed by atoms with van der Waals surface area (Å²) in [7, 11) is 0. The molecule has 0 saturated carbocycles. The molecular formula is C10H10ClF2O. The van der Waals surface area contributed by atoms with Crippen LogP contribution in [0.3, 0.4) is 0 Å². The third-order valence-electron chi connectivity index (χ3n) is 1.73. The molecule has 0 aliphatic rings. The molecule has 0 fully saturated rings. The number of halogens is 3. The molecule has 0 aromatic heterocycles. The molecule has 0 heterocycles. The van der Waals surface area contributed by atoms with E-state index in [-0.39, 0.29) is 10.8 Å². The van der Waals surface area contributed by atoms with Crippen molar-refractivity contribution in [2.75, 3.05) is 0 Å². The molecule has 1 rings (SSSR count). The fourth-order valence-electron chi connectivity index (χ4n) is 1.00. The summed E-state index contributed by atoms with van der Waals surface area (Å²) in [6.45, 7) is 0.989. The second-order valence-corrected chi connectivity index (χ2v) is 3.43. The Labute approximate surface area is 86.6 Å². The van der Waals surface area contributed by atoms with Gasteiger partial charge in [-0.1, -0.05) is 31.5 Å². The van der Waals surface area contributed by atoms with Gasteiger partial charge in [0, 0.05) is 0 Å². The Bertz CT molecular complexity index is 313. The molecule has 77 valence electrons. The number of ether oxygens (including phenoxy) is 1. The minimum absolute atomic E-state index is 0.00617. The van der Waals surface area contributed by atoms with Crippen molar-refractivity contribution in [2.24, 2.45) is 0 Å². The van der Waals surface area contributed by atoms with Crippen LogP contribution in [0.15, 0.2) is 18.2 Å². The van der Waals surface area contributed by atoms with E-state index in [1.807, 2.05) is 13.8 Å². The molecule has 0 bridgehead atoms. The van der Waals surface area contributed by atoms with E-state index in [0.717, 1.165) is 11.5 Å². The van der Waals surface area contributed by atoms with Crippen LogP contribution in [0, 0.1) is 5.92 Å². The highest BCUT2D eigenvalue weighted by Gasteiger charge is 2.09. The van der Waals surface area contributed by atoms with E-state index in [1.54, 1.807) is 12.1 Å². The van der Waals surface area contributed by atoms with Crippen LogP contribution in [0.2, 0.25) is 5.02 Å². The fourth-order valence-corrected chi connectivity index (χ4v) is 1.23. The van der Waals surface area contributed by atoms with Gasteiger partial charge in [0.15, 0.2) is 0 Å². The van der Waals surface area contributed by atoms with Gasteiger partial charge in [0.25, 0.3) is 0 Å². The van der Waals surface area contributed by atoms with Crippen molar-refractivity contribution < 1.29 is 13.5 Å². The van der Waals surface area contributed by atoms with Crippen molar-refractivity contribution in [1.29, 1.82) is 0 Å². The van der Waals surface area contributed by atoms with Gasteiger partial charge in [-0.2, -0.15) is 8.78 Å². The summed E-state index contributed by atoms with van der Waals surface area (Å²) < 4.78 is 28.0. The summed E-state index contributed by atoms with van der Waals surface area (Å²) >= 11 is 5.75. The first kappa shape index (κ1) is 11.2. The van der Waals surface area contributed by atoms with Gasteiger partial charge >= 0.3 is 6.61 Å². The monoisotopic (exact) mass is 219 g/mol. The molecule has 0 saturated heterocycles. The molecular weight excluding hydrogens is 210 g/mol. The minimum Gasteiger partial charge on any atom is -0.433 e. The largest absolute Gasteiger partial charge is 0.433 e. The normalized spacial score (nSPS) is 11.1. The quantitative estimate of drug-likeness (QED) is 0.749. The van der Waals surface area contributed by atoms with Crippen molar-refractivity contribution in [1.82, 2.24) is 0 Å². The Morgan fingerprint density at radius 2 is 2.00 bits per heavy atom. The number of rotatable bonds is 3. The molecule has 1 nitrogen and oxygen atoms in total. The van der Waals surface area contributed by atoms with Crippen LogP contribution >= 0.6 is 11.6 Å². The van der Waals surface area contributed by atoms with Crippen molar-refractivity contribution >= 4 is 11.6 Å². The maximum Gasteiger partial charge on any atom is 0.387 e. The molecule has 1 aromatic rings. The van der Waals surface area contributed by atoms with E-state index >= 15 is 0 Å². The lowest BCUT2D eigenvalue weighted by Crippen LogP contribution is -2.02. The van der Waals surface area contributed by atoms with Gasteiger partial charge in [0.1, 0.15) is 5.75 Å². The predicted octanol–water partition coefficient (Wildman–Crippen LogP) is 3.90. The van der Waals surface area contributed by atoms with Crippen LogP contribution < -0.4 is 4.74 Å². The molecule has 0 aliphatic carbocycles. The van der Waals surface area contributed by atoms with Crippen LogP contribution in [-0.2, 0) is 0 Å². The van der Waals surface area contributed by atoms with Crippen LogP contribution in [0.4, 0.5) is 8.78 Å². The van der Waals surface area contributed by atoms with Gasteiger partial charge in [-0.3, -0.25) is 0 Å². The third-order valence-corrected chi connectivity index (χ3v) is 2.02. The summed E-state index contributed by atoms with van der Waals surface area (Å²) in [5.74, 6) is 1.07. The smallest absolute Gasteiger partial charge is 0.387 e. The highest BCUT2D eigenvalue weighted by atomic mass is 35.5. The molecule has 0 unspecified atom stereocenters. The zero-order valence-electron chi connectivity index (χ0n) is 7.85. The van der Waals surface area contributed by atoms with E-state index < -0.39 is 6.61 Å². The maximum atomic E-state index is 11.9. The highest BCUT2D eigenvalue weighted by molar-refractivity contribution is 6.32. The summed E-state index contributed by atoms with van der Waals surface area (Å²) in [4.78, 5) is 0. The predicted molar refractivity (Wildman–Crippen MR) is 51.8 cm³/mol. The molecule has 0 atom stereocenters. The Morgan fingerprint density at radius 1 is 1.36 bits per heavy atom. The number of alkyl halides is 2. The van der Waals surface area contributed by atoms with Gasteiger partial charge < -0.3 is 4.74 Å². The number of hydrogen-bond donors (Lipinski definition) is 0. The Hall–Kier alpha value is -0.830. The van der Waals surface area contributed by atoms with E-state index in [1.165, 1.54) is 6.07 Å². The van der Waals surface area contributed by atoms with Crippen molar-refractivity contribution in [2.45, 2.75) is 20.5 Å². The topological polar surface area (TPSA) is 9.23 Å². The van der Waals surface area contributed by atoms with E-state index in [9.17, 15) is 8.78 Å². The van der Waals surface area contributed by atoms with Crippen molar-refractivity contribution in [3.8, 4) is 5.75 Å². The lowest BCUT2D eigenvalue weighted by atomic mass is 10.0. The van der Waals surface area contributed by atoms with Crippen molar-refractivity contribution in [3.63, 3.8) is 0 Å². The molecule has 1 aromatic carbocycles. The van der Waals surface area contributed by atoms with Crippen LogP contribution in [-0.4, -0.2) is 6.61 Å². The van der Waals surface area contributed by atoms with E-state index in [2.05, 4.69) is 4.74 Å². The summed E-state index contributed by atoms with van der Waals surface area (Å²) in [5.41, 5.74) is 0.914. The first-order valence-corrected chi connectivity index (χ1v) is 4.43. The number of hydrogen-bond acceptors (Lipinski definition) is 1. The second kappa shape index (κ2) is 4.60. The molecule has 14 heavy (non-hydrogen) atoms. The first-order valence-electron chi connectivity index (χ1n) is 4.05. The summed E-state index contributed by atoms with van der Waals surface area (Å²) in [6.07, 6.45) is 0. The Kier molecular flexibility index (Phi) is 3.69. The average Bonchev–Trinajstić information content (AvgIpc) is 2.07. The Morgan fingerprint density at radius 3 is 2.43 bits per heavy atom. The molecule has 0 spiro atoms. The fraction of sp³-hybridized carbons (Fsp3) is 0.300. The zero-order chi connectivity index (χ0) is 10.7. The highest BCUT2D eigenvalue weighted by Crippen LogP contribution is 2.29. The molecule has 0 amide bonds. The van der Waals surface area contributed by atoms with Crippen LogP contribution in [0.1, 0.15) is 19.4 Å².